The van der Waals surface area contributed by atoms with Gasteiger partial charge in [0.05, 0.1) is 5.88 Å². The van der Waals surface area contributed by atoms with Crippen molar-refractivity contribution in [2.45, 2.75) is 44.6 Å². The summed E-state index contributed by atoms with van der Waals surface area (Å²) in [6.45, 7) is 0.797. The summed E-state index contributed by atoms with van der Waals surface area (Å²) in [5.41, 5.74) is 0. The molecule has 0 bridgehead atoms. The number of rotatable bonds is 4. The SMILES string of the molecule is O=C(NCC1CCC1)C1CSCN1C(=O)C1CCC1. The molecule has 2 aliphatic carbocycles. The molecule has 19 heavy (non-hydrogen) atoms. The van der Waals surface area contributed by atoms with Crippen LogP contribution in [0.5, 0.6) is 0 Å². The molecule has 0 spiro atoms. The second-order valence-corrected chi connectivity index (χ2v) is 6.99. The molecule has 106 valence electrons. The molecule has 0 aromatic rings. The summed E-state index contributed by atoms with van der Waals surface area (Å²) >= 11 is 1.70. The Morgan fingerprint density at radius 2 is 1.89 bits per heavy atom. The van der Waals surface area contributed by atoms with Crippen LogP contribution in [0.4, 0.5) is 0 Å². The summed E-state index contributed by atoms with van der Waals surface area (Å²) in [5.74, 6) is 2.59. The van der Waals surface area contributed by atoms with Crippen LogP contribution >= 0.6 is 11.8 Å². The van der Waals surface area contributed by atoms with E-state index in [1.54, 1.807) is 11.8 Å². The van der Waals surface area contributed by atoms with Gasteiger partial charge in [-0.25, -0.2) is 0 Å². The predicted molar refractivity (Wildman–Crippen MR) is 75.7 cm³/mol. The van der Waals surface area contributed by atoms with E-state index in [1.807, 2.05) is 4.90 Å². The number of carbonyl (C=O) groups excluding carboxylic acids is 2. The Hall–Kier alpha value is -0.710. The third kappa shape index (κ3) is 2.76. The highest BCUT2D eigenvalue weighted by molar-refractivity contribution is 7.99. The Morgan fingerprint density at radius 1 is 1.16 bits per heavy atom. The normalized spacial score (nSPS) is 27.8. The lowest BCUT2D eigenvalue weighted by Crippen LogP contribution is -2.50. The highest BCUT2D eigenvalue weighted by Crippen LogP contribution is 2.32. The van der Waals surface area contributed by atoms with Gasteiger partial charge in [-0.3, -0.25) is 9.59 Å². The molecule has 0 radical (unpaired) electrons. The van der Waals surface area contributed by atoms with E-state index < -0.39 is 0 Å². The Bertz CT molecular complexity index is 366. The van der Waals surface area contributed by atoms with Crippen LogP contribution in [0.25, 0.3) is 0 Å². The van der Waals surface area contributed by atoms with Crippen molar-refractivity contribution in [3.63, 3.8) is 0 Å². The van der Waals surface area contributed by atoms with E-state index in [1.165, 1.54) is 19.3 Å². The molecule has 3 fully saturated rings. The molecule has 2 amide bonds. The van der Waals surface area contributed by atoms with Crippen LogP contribution in [-0.2, 0) is 9.59 Å². The monoisotopic (exact) mass is 282 g/mol. The van der Waals surface area contributed by atoms with Gasteiger partial charge < -0.3 is 10.2 Å². The summed E-state index contributed by atoms with van der Waals surface area (Å²) in [5, 5.41) is 3.04. The Balaban J connectivity index is 1.52. The van der Waals surface area contributed by atoms with Crippen molar-refractivity contribution in [1.29, 1.82) is 0 Å². The third-order valence-corrected chi connectivity index (χ3v) is 5.72. The quantitative estimate of drug-likeness (QED) is 0.852. The first-order chi connectivity index (χ1) is 9.25. The smallest absolute Gasteiger partial charge is 0.243 e. The molecule has 0 aromatic heterocycles. The molecule has 3 rings (SSSR count). The molecule has 3 aliphatic rings. The van der Waals surface area contributed by atoms with Gasteiger partial charge >= 0.3 is 0 Å². The van der Waals surface area contributed by atoms with Crippen LogP contribution in [0.3, 0.4) is 0 Å². The first-order valence-electron chi connectivity index (χ1n) is 7.41. The minimum absolute atomic E-state index is 0.0598. The van der Waals surface area contributed by atoms with Crippen molar-refractivity contribution >= 4 is 23.6 Å². The maximum absolute atomic E-state index is 12.3. The van der Waals surface area contributed by atoms with Crippen LogP contribution in [0.2, 0.25) is 0 Å². The fourth-order valence-electron chi connectivity index (χ4n) is 2.83. The summed E-state index contributed by atoms with van der Waals surface area (Å²) in [6, 6.07) is -0.224. The van der Waals surface area contributed by atoms with Crippen molar-refractivity contribution in [1.82, 2.24) is 10.2 Å². The molecule has 1 atom stereocenters. The minimum atomic E-state index is -0.224. The van der Waals surface area contributed by atoms with Gasteiger partial charge in [0, 0.05) is 18.2 Å². The summed E-state index contributed by atoms with van der Waals surface area (Å²) in [7, 11) is 0. The minimum Gasteiger partial charge on any atom is -0.354 e. The van der Waals surface area contributed by atoms with Crippen molar-refractivity contribution in [3.8, 4) is 0 Å². The van der Waals surface area contributed by atoms with Gasteiger partial charge in [-0.05, 0) is 31.6 Å². The van der Waals surface area contributed by atoms with E-state index in [0.717, 1.165) is 31.6 Å². The number of thioether (sulfide) groups is 1. The second-order valence-electron chi connectivity index (χ2n) is 5.99. The lowest BCUT2D eigenvalue weighted by molar-refractivity contribution is -0.143. The van der Waals surface area contributed by atoms with E-state index in [-0.39, 0.29) is 23.8 Å². The number of carbonyl (C=O) groups is 2. The van der Waals surface area contributed by atoms with Crippen molar-refractivity contribution < 1.29 is 9.59 Å². The molecule has 1 aliphatic heterocycles. The molecule has 1 N–H and O–H groups in total. The number of nitrogens with one attached hydrogen (secondary N) is 1. The zero-order valence-electron chi connectivity index (χ0n) is 11.3. The predicted octanol–water partition coefficient (Wildman–Crippen LogP) is 1.60. The van der Waals surface area contributed by atoms with E-state index in [9.17, 15) is 9.59 Å². The molecular weight excluding hydrogens is 260 g/mol. The van der Waals surface area contributed by atoms with E-state index in [4.69, 9.17) is 0 Å². The fourth-order valence-corrected chi connectivity index (χ4v) is 3.99. The van der Waals surface area contributed by atoms with Gasteiger partial charge in [-0.1, -0.05) is 12.8 Å². The van der Waals surface area contributed by atoms with Crippen LogP contribution in [0.15, 0.2) is 0 Å². The first-order valence-corrected chi connectivity index (χ1v) is 8.57. The number of amides is 2. The maximum Gasteiger partial charge on any atom is 0.243 e. The highest BCUT2D eigenvalue weighted by atomic mass is 32.2. The average Bonchev–Trinajstić information content (AvgIpc) is 2.72. The highest BCUT2D eigenvalue weighted by Gasteiger charge is 2.39. The van der Waals surface area contributed by atoms with Crippen molar-refractivity contribution in [2.75, 3.05) is 18.2 Å². The molecule has 4 nitrogen and oxygen atoms in total. The van der Waals surface area contributed by atoms with Gasteiger partial charge in [0.1, 0.15) is 6.04 Å². The van der Waals surface area contributed by atoms with Gasteiger partial charge in [-0.15, -0.1) is 11.8 Å². The first kappa shape index (κ1) is 13.3. The Labute approximate surface area is 118 Å². The lowest BCUT2D eigenvalue weighted by Gasteiger charge is -2.32. The van der Waals surface area contributed by atoms with Gasteiger partial charge in [0.15, 0.2) is 0 Å². The lowest BCUT2D eigenvalue weighted by atomic mass is 9.84. The third-order valence-electron chi connectivity index (χ3n) is 4.71. The molecule has 1 unspecified atom stereocenters. The molecule has 5 heteroatoms. The van der Waals surface area contributed by atoms with Crippen LogP contribution in [-0.4, -0.2) is 40.9 Å². The zero-order chi connectivity index (χ0) is 13.2. The van der Waals surface area contributed by atoms with Gasteiger partial charge in [-0.2, -0.15) is 0 Å². The van der Waals surface area contributed by atoms with Crippen LogP contribution in [0.1, 0.15) is 38.5 Å². The molecule has 1 saturated heterocycles. The molecule has 0 aromatic carbocycles. The van der Waals surface area contributed by atoms with Gasteiger partial charge in [0.2, 0.25) is 11.8 Å². The fraction of sp³-hybridized carbons (Fsp3) is 0.857. The maximum atomic E-state index is 12.3. The Morgan fingerprint density at radius 3 is 2.47 bits per heavy atom. The standard InChI is InChI=1S/C14H22N2O2S/c17-13(15-7-10-3-1-4-10)12-8-19-9-16(12)14(18)11-5-2-6-11/h10-12H,1-9H2,(H,15,17). The summed E-state index contributed by atoms with van der Waals surface area (Å²) < 4.78 is 0. The molecule has 2 saturated carbocycles. The van der Waals surface area contributed by atoms with Crippen molar-refractivity contribution in [3.05, 3.63) is 0 Å². The molecule has 1 heterocycles. The largest absolute Gasteiger partial charge is 0.354 e. The van der Waals surface area contributed by atoms with E-state index >= 15 is 0 Å². The number of nitrogens with zero attached hydrogens (tertiary/aromatic N) is 1. The van der Waals surface area contributed by atoms with Crippen LogP contribution < -0.4 is 5.32 Å². The van der Waals surface area contributed by atoms with E-state index in [2.05, 4.69) is 5.32 Å². The topological polar surface area (TPSA) is 49.4 Å². The van der Waals surface area contributed by atoms with E-state index in [0.29, 0.717) is 11.8 Å². The van der Waals surface area contributed by atoms with Gasteiger partial charge in [0.25, 0.3) is 0 Å². The molecular formula is C14H22N2O2S. The summed E-state index contributed by atoms with van der Waals surface area (Å²) in [6.07, 6.45) is 6.96. The van der Waals surface area contributed by atoms with Crippen LogP contribution in [0, 0.1) is 11.8 Å². The average molecular weight is 282 g/mol. The zero-order valence-corrected chi connectivity index (χ0v) is 12.1. The number of hydrogen-bond donors (Lipinski definition) is 1. The Kier molecular flexibility index (Phi) is 4.01. The number of hydrogen-bond acceptors (Lipinski definition) is 3. The van der Waals surface area contributed by atoms with Crippen molar-refractivity contribution in [2.24, 2.45) is 11.8 Å². The summed E-state index contributed by atoms with van der Waals surface area (Å²) in [4.78, 5) is 26.3. The second kappa shape index (κ2) is 5.73.